The highest BCUT2D eigenvalue weighted by molar-refractivity contribution is 6.30. The maximum absolute atomic E-state index is 12.7. The van der Waals surface area contributed by atoms with Gasteiger partial charge in [-0.25, -0.2) is 4.79 Å². The number of ether oxygens (including phenoxy) is 1. The van der Waals surface area contributed by atoms with Crippen LogP contribution in [0.25, 0.3) is 11.2 Å². The van der Waals surface area contributed by atoms with Crippen molar-refractivity contribution in [1.29, 1.82) is 0 Å². The van der Waals surface area contributed by atoms with Crippen molar-refractivity contribution < 1.29 is 9.53 Å². The maximum atomic E-state index is 12.7. The quantitative estimate of drug-likeness (QED) is 0.446. The van der Waals surface area contributed by atoms with E-state index in [0.29, 0.717) is 28.3 Å². The van der Waals surface area contributed by atoms with Crippen LogP contribution in [0.1, 0.15) is 21.5 Å². The number of nitrogens with zero attached hydrogens (tertiary/aromatic N) is 4. The first-order valence-corrected chi connectivity index (χ1v) is 9.79. The molecule has 31 heavy (non-hydrogen) atoms. The molecule has 0 amide bonds. The maximum Gasteiger partial charge on any atom is 0.332 e. The standard InChI is InChI=1S/C22H19ClN4O4/c1-25-19-17(20(29)26(2)22(25)30)24-21(31-3)27(19)12-13-4-6-14(7-5-13)18(28)15-8-10-16(23)11-9-15/h4-11H,12H2,1-3H3. The predicted octanol–water partition coefficient (Wildman–Crippen LogP) is 2.38. The first-order chi connectivity index (χ1) is 14.8. The first-order valence-electron chi connectivity index (χ1n) is 9.41. The third-order valence-electron chi connectivity index (χ3n) is 5.15. The number of ketones is 1. The zero-order valence-corrected chi connectivity index (χ0v) is 17.9. The highest BCUT2D eigenvalue weighted by atomic mass is 35.5. The van der Waals surface area contributed by atoms with Crippen LogP contribution in [0.15, 0.2) is 58.1 Å². The van der Waals surface area contributed by atoms with Crippen LogP contribution in [0.2, 0.25) is 5.02 Å². The van der Waals surface area contributed by atoms with Crippen molar-refractivity contribution in [3.63, 3.8) is 0 Å². The highest BCUT2D eigenvalue weighted by Crippen LogP contribution is 2.20. The van der Waals surface area contributed by atoms with Gasteiger partial charge < -0.3 is 4.74 Å². The van der Waals surface area contributed by atoms with E-state index < -0.39 is 11.2 Å². The Hall–Kier alpha value is -3.65. The topological polar surface area (TPSA) is 88.1 Å². The summed E-state index contributed by atoms with van der Waals surface area (Å²) >= 11 is 5.89. The predicted molar refractivity (Wildman–Crippen MR) is 117 cm³/mol. The molecule has 0 aliphatic carbocycles. The van der Waals surface area contributed by atoms with Gasteiger partial charge in [0.05, 0.1) is 13.7 Å². The van der Waals surface area contributed by atoms with E-state index in [2.05, 4.69) is 4.98 Å². The number of benzene rings is 2. The Morgan fingerprint density at radius 2 is 1.55 bits per heavy atom. The number of carbonyl (C=O) groups is 1. The first kappa shape index (κ1) is 20.6. The molecule has 4 rings (SSSR count). The van der Waals surface area contributed by atoms with Crippen LogP contribution in [0.4, 0.5) is 0 Å². The summed E-state index contributed by atoms with van der Waals surface area (Å²) < 4.78 is 9.38. The molecule has 158 valence electrons. The van der Waals surface area contributed by atoms with Gasteiger partial charge in [-0.15, -0.1) is 0 Å². The summed E-state index contributed by atoms with van der Waals surface area (Å²) in [6.45, 7) is 0.301. The minimum absolute atomic E-state index is 0.111. The molecular formula is C22H19ClN4O4. The molecule has 0 saturated heterocycles. The third kappa shape index (κ3) is 3.55. The summed E-state index contributed by atoms with van der Waals surface area (Å²) in [4.78, 5) is 41.8. The van der Waals surface area contributed by atoms with Crippen LogP contribution >= 0.6 is 11.6 Å². The second-order valence-electron chi connectivity index (χ2n) is 7.10. The summed E-state index contributed by atoms with van der Waals surface area (Å²) in [7, 11) is 4.44. The normalized spacial score (nSPS) is 11.1. The Labute approximate surface area is 181 Å². The number of hydrogen-bond acceptors (Lipinski definition) is 5. The largest absolute Gasteiger partial charge is 0.468 e. The lowest BCUT2D eigenvalue weighted by molar-refractivity contribution is 0.103. The summed E-state index contributed by atoms with van der Waals surface area (Å²) in [5, 5.41) is 0.567. The Morgan fingerprint density at radius 3 is 2.13 bits per heavy atom. The van der Waals surface area contributed by atoms with E-state index in [1.165, 1.54) is 18.7 Å². The number of halogens is 1. The number of aromatic nitrogens is 4. The molecule has 2 aromatic carbocycles. The molecule has 8 nitrogen and oxygen atoms in total. The van der Waals surface area contributed by atoms with Gasteiger partial charge in [0.2, 0.25) is 0 Å². The zero-order chi connectivity index (χ0) is 22.3. The van der Waals surface area contributed by atoms with Crippen LogP contribution in [-0.2, 0) is 20.6 Å². The molecular weight excluding hydrogens is 420 g/mol. The van der Waals surface area contributed by atoms with E-state index >= 15 is 0 Å². The number of fused-ring (bicyclic) bond motifs is 1. The minimum atomic E-state index is -0.487. The van der Waals surface area contributed by atoms with Gasteiger partial charge in [0.1, 0.15) is 0 Å². The van der Waals surface area contributed by atoms with E-state index in [0.717, 1.165) is 10.1 Å². The lowest BCUT2D eigenvalue weighted by atomic mass is 10.0. The zero-order valence-electron chi connectivity index (χ0n) is 17.1. The Kier molecular flexibility index (Phi) is 5.24. The molecule has 2 aromatic heterocycles. The lowest BCUT2D eigenvalue weighted by Gasteiger charge is -2.11. The van der Waals surface area contributed by atoms with Crippen molar-refractivity contribution in [2.75, 3.05) is 7.11 Å². The monoisotopic (exact) mass is 438 g/mol. The second-order valence-corrected chi connectivity index (χ2v) is 7.53. The number of aryl methyl sites for hydroxylation is 1. The molecule has 0 N–H and O–H groups in total. The highest BCUT2D eigenvalue weighted by Gasteiger charge is 2.20. The number of hydrogen-bond donors (Lipinski definition) is 0. The van der Waals surface area contributed by atoms with Crippen LogP contribution in [0.3, 0.4) is 0 Å². The van der Waals surface area contributed by atoms with E-state index in [4.69, 9.17) is 16.3 Å². The fourth-order valence-electron chi connectivity index (χ4n) is 3.48. The molecule has 0 unspecified atom stereocenters. The van der Waals surface area contributed by atoms with Crippen molar-refractivity contribution >= 4 is 28.5 Å². The van der Waals surface area contributed by atoms with Gasteiger partial charge in [0.15, 0.2) is 16.9 Å². The number of carbonyl (C=O) groups excluding carboxylic acids is 1. The van der Waals surface area contributed by atoms with Crippen molar-refractivity contribution in [3.8, 4) is 6.01 Å². The smallest absolute Gasteiger partial charge is 0.332 e. The van der Waals surface area contributed by atoms with E-state index in [1.54, 1.807) is 48.0 Å². The van der Waals surface area contributed by atoms with Gasteiger partial charge in [-0.3, -0.25) is 23.3 Å². The second kappa shape index (κ2) is 7.88. The van der Waals surface area contributed by atoms with Gasteiger partial charge in [-0.05, 0) is 29.8 Å². The Morgan fingerprint density at radius 1 is 0.968 bits per heavy atom. The number of methoxy groups -OCH3 is 1. The molecule has 0 radical (unpaired) electrons. The lowest BCUT2D eigenvalue weighted by Crippen LogP contribution is -2.37. The summed E-state index contributed by atoms with van der Waals surface area (Å²) in [6, 6.07) is 14.0. The Balaban J connectivity index is 1.71. The van der Waals surface area contributed by atoms with Gasteiger partial charge in [0, 0.05) is 30.2 Å². The van der Waals surface area contributed by atoms with E-state index in [9.17, 15) is 14.4 Å². The molecule has 2 heterocycles. The average molecular weight is 439 g/mol. The molecule has 4 aromatic rings. The van der Waals surface area contributed by atoms with Gasteiger partial charge in [-0.2, -0.15) is 4.98 Å². The number of imidazole rings is 1. The summed E-state index contributed by atoms with van der Waals surface area (Å²) in [5.41, 5.74) is 1.50. The molecule has 0 bridgehead atoms. The van der Waals surface area contributed by atoms with Crippen LogP contribution in [0, 0.1) is 0 Å². The minimum Gasteiger partial charge on any atom is -0.468 e. The van der Waals surface area contributed by atoms with Crippen LogP contribution in [0.5, 0.6) is 6.01 Å². The number of rotatable bonds is 5. The summed E-state index contributed by atoms with van der Waals surface area (Å²) in [5.74, 6) is -0.111. The fourth-order valence-corrected chi connectivity index (χ4v) is 3.61. The van der Waals surface area contributed by atoms with Crippen molar-refractivity contribution in [3.05, 3.63) is 91.1 Å². The fraction of sp³-hybridized carbons (Fsp3) is 0.182. The molecule has 0 spiro atoms. The van der Waals surface area contributed by atoms with Gasteiger partial charge in [0.25, 0.3) is 11.6 Å². The molecule has 0 atom stereocenters. The van der Waals surface area contributed by atoms with Crippen molar-refractivity contribution in [2.24, 2.45) is 14.1 Å². The molecule has 0 aliphatic heterocycles. The van der Waals surface area contributed by atoms with Crippen LogP contribution < -0.4 is 16.0 Å². The molecule has 0 fully saturated rings. The van der Waals surface area contributed by atoms with E-state index in [1.807, 2.05) is 12.1 Å². The van der Waals surface area contributed by atoms with Crippen LogP contribution in [-0.4, -0.2) is 31.6 Å². The molecule has 9 heteroatoms. The average Bonchev–Trinajstić information content (AvgIpc) is 3.15. The van der Waals surface area contributed by atoms with Gasteiger partial charge >= 0.3 is 5.69 Å². The van der Waals surface area contributed by atoms with Crippen molar-refractivity contribution in [2.45, 2.75) is 6.54 Å². The van der Waals surface area contributed by atoms with Gasteiger partial charge in [-0.1, -0.05) is 35.9 Å². The molecule has 0 aliphatic rings. The Bertz CT molecular complexity index is 1410. The summed E-state index contributed by atoms with van der Waals surface area (Å²) in [6.07, 6.45) is 0. The SMILES string of the molecule is COc1nc2c(=O)n(C)c(=O)n(C)c2n1Cc1ccc(C(=O)c2ccc(Cl)cc2)cc1. The van der Waals surface area contributed by atoms with Crippen molar-refractivity contribution in [1.82, 2.24) is 18.7 Å². The van der Waals surface area contributed by atoms with E-state index in [-0.39, 0.29) is 17.3 Å². The molecule has 0 saturated carbocycles. The third-order valence-corrected chi connectivity index (χ3v) is 5.40.